The molecule has 1 fully saturated rings. The van der Waals surface area contributed by atoms with Gasteiger partial charge >= 0.3 is 0 Å². The summed E-state index contributed by atoms with van der Waals surface area (Å²) >= 11 is 12.6. The van der Waals surface area contributed by atoms with Crippen LogP contribution in [-0.2, 0) is 10.2 Å². The largest absolute Gasteiger partial charge is 0.306 e. The Labute approximate surface area is 172 Å². The molecule has 27 heavy (non-hydrogen) atoms. The van der Waals surface area contributed by atoms with Crippen molar-refractivity contribution in [2.75, 3.05) is 20.1 Å². The second kappa shape index (κ2) is 8.34. The highest BCUT2D eigenvalue weighted by Gasteiger charge is 2.37. The van der Waals surface area contributed by atoms with Crippen LogP contribution < -0.4 is 0 Å². The minimum Gasteiger partial charge on any atom is -0.306 e. The number of rotatable bonds is 5. The lowest BCUT2D eigenvalue weighted by molar-refractivity contribution is -0.126. The van der Waals surface area contributed by atoms with Gasteiger partial charge in [0, 0.05) is 18.9 Å². The number of likely N-dealkylation sites (tertiary alicyclic amines) is 1. The van der Waals surface area contributed by atoms with Gasteiger partial charge in [-0.1, -0.05) is 79.5 Å². The van der Waals surface area contributed by atoms with Crippen molar-refractivity contribution in [3.63, 3.8) is 0 Å². The molecule has 1 aliphatic heterocycles. The van der Waals surface area contributed by atoms with Crippen LogP contribution in [0.3, 0.4) is 0 Å². The number of carbonyl (C=O) groups is 1. The number of hydrogen-bond donors (Lipinski definition) is 0. The van der Waals surface area contributed by atoms with E-state index in [2.05, 4.69) is 50.1 Å². The molecule has 0 aliphatic carbocycles. The molecule has 2 aromatic rings. The molecule has 0 bridgehead atoms. The van der Waals surface area contributed by atoms with Gasteiger partial charge in [-0.15, -0.1) is 0 Å². The molecule has 0 amide bonds. The van der Waals surface area contributed by atoms with E-state index in [-0.39, 0.29) is 17.3 Å². The number of nitrogens with zero attached hydrogens (tertiary/aromatic N) is 1. The minimum absolute atomic E-state index is 0.00313. The van der Waals surface area contributed by atoms with Crippen molar-refractivity contribution in [1.82, 2.24) is 4.90 Å². The number of piperidine rings is 1. The van der Waals surface area contributed by atoms with Crippen molar-refractivity contribution in [3.8, 4) is 0 Å². The average molecular weight is 404 g/mol. The van der Waals surface area contributed by atoms with E-state index >= 15 is 0 Å². The molecule has 4 heteroatoms. The highest BCUT2D eigenvalue weighted by molar-refractivity contribution is 6.42. The van der Waals surface area contributed by atoms with E-state index in [0.717, 1.165) is 25.1 Å². The van der Waals surface area contributed by atoms with Gasteiger partial charge in [0.1, 0.15) is 5.78 Å². The van der Waals surface area contributed by atoms with Crippen LogP contribution in [0.1, 0.15) is 43.7 Å². The molecule has 2 unspecified atom stereocenters. The number of ketones is 1. The predicted octanol–water partition coefficient (Wildman–Crippen LogP) is 5.97. The first-order chi connectivity index (χ1) is 12.8. The van der Waals surface area contributed by atoms with Crippen LogP contribution in [0, 0.1) is 5.92 Å². The van der Waals surface area contributed by atoms with Crippen molar-refractivity contribution in [3.05, 3.63) is 69.7 Å². The maximum absolute atomic E-state index is 13.4. The maximum Gasteiger partial charge on any atom is 0.138 e. The molecule has 2 atom stereocenters. The lowest BCUT2D eigenvalue weighted by atomic mass is 9.72. The molecular weight excluding hydrogens is 377 g/mol. The van der Waals surface area contributed by atoms with Crippen molar-refractivity contribution < 1.29 is 4.79 Å². The molecule has 1 aliphatic rings. The quantitative estimate of drug-likeness (QED) is 0.612. The van der Waals surface area contributed by atoms with Gasteiger partial charge in [0.25, 0.3) is 0 Å². The van der Waals surface area contributed by atoms with Gasteiger partial charge in [0.05, 0.1) is 10.0 Å². The SMILES string of the molecule is CN1CCC(c2ccccc2)C(C(=O)CC(C)(C)c2cccc(Cl)c2Cl)C1. The van der Waals surface area contributed by atoms with Gasteiger partial charge < -0.3 is 4.90 Å². The molecule has 2 nitrogen and oxygen atoms in total. The summed E-state index contributed by atoms with van der Waals surface area (Å²) in [4.78, 5) is 15.7. The summed E-state index contributed by atoms with van der Waals surface area (Å²) in [6, 6.07) is 16.1. The van der Waals surface area contributed by atoms with E-state index in [1.165, 1.54) is 5.56 Å². The van der Waals surface area contributed by atoms with Crippen LogP contribution in [0.4, 0.5) is 0 Å². The lowest BCUT2D eigenvalue weighted by Crippen LogP contribution is -2.42. The van der Waals surface area contributed by atoms with Gasteiger partial charge in [0.2, 0.25) is 0 Å². The van der Waals surface area contributed by atoms with E-state index < -0.39 is 0 Å². The number of benzene rings is 2. The fraction of sp³-hybridized carbons (Fsp3) is 0.435. The number of hydrogen-bond acceptors (Lipinski definition) is 2. The van der Waals surface area contributed by atoms with Crippen LogP contribution in [0.25, 0.3) is 0 Å². The Balaban J connectivity index is 1.85. The molecule has 1 heterocycles. The monoisotopic (exact) mass is 403 g/mol. The Morgan fingerprint density at radius 1 is 1.11 bits per heavy atom. The van der Waals surface area contributed by atoms with E-state index in [9.17, 15) is 4.79 Å². The van der Waals surface area contributed by atoms with Crippen molar-refractivity contribution >= 4 is 29.0 Å². The lowest BCUT2D eigenvalue weighted by Gasteiger charge is -2.38. The highest BCUT2D eigenvalue weighted by atomic mass is 35.5. The normalized spacial score (nSPS) is 21.2. The Morgan fingerprint density at radius 3 is 2.52 bits per heavy atom. The molecule has 3 rings (SSSR count). The first kappa shape index (κ1) is 20.4. The summed E-state index contributed by atoms with van der Waals surface area (Å²) in [7, 11) is 2.10. The molecule has 144 valence electrons. The third kappa shape index (κ3) is 4.56. The maximum atomic E-state index is 13.4. The number of Topliss-reactive ketones (excluding diaryl/α,β-unsaturated/α-hetero) is 1. The molecule has 2 aromatic carbocycles. The summed E-state index contributed by atoms with van der Waals surface area (Å²) in [6.45, 7) is 5.98. The van der Waals surface area contributed by atoms with E-state index in [0.29, 0.717) is 22.2 Å². The molecule has 1 saturated heterocycles. The molecule has 0 N–H and O–H groups in total. The standard InChI is InChI=1S/C23H27Cl2NO/c1-23(2,19-10-7-11-20(24)22(19)25)14-21(27)18-15-26(3)13-12-17(18)16-8-5-4-6-9-16/h4-11,17-18H,12-15H2,1-3H3. The van der Waals surface area contributed by atoms with Gasteiger partial charge in [-0.2, -0.15) is 0 Å². The summed E-state index contributed by atoms with van der Waals surface area (Å²) in [5.74, 6) is 0.584. The van der Waals surface area contributed by atoms with Gasteiger partial charge in [0.15, 0.2) is 0 Å². The van der Waals surface area contributed by atoms with Crippen LogP contribution in [0.2, 0.25) is 10.0 Å². The van der Waals surface area contributed by atoms with Crippen molar-refractivity contribution in [1.29, 1.82) is 0 Å². The molecule has 0 saturated carbocycles. The van der Waals surface area contributed by atoms with Gasteiger partial charge in [-0.25, -0.2) is 0 Å². The Bertz CT molecular complexity index is 803. The van der Waals surface area contributed by atoms with Crippen molar-refractivity contribution in [2.45, 2.75) is 38.0 Å². The molecule has 0 radical (unpaired) electrons. The zero-order chi connectivity index (χ0) is 19.6. The fourth-order valence-corrected chi connectivity index (χ4v) is 4.79. The molecule has 0 spiro atoms. The Hall–Kier alpha value is -1.35. The fourth-order valence-electron chi connectivity index (χ4n) is 4.23. The summed E-state index contributed by atoms with van der Waals surface area (Å²) in [5, 5.41) is 1.09. The van der Waals surface area contributed by atoms with Crippen LogP contribution in [0.5, 0.6) is 0 Å². The highest BCUT2D eigenvalue weighted by Crippen LogP contribution is 2.40. The second-order valence-corrected chi connectivity index (χ2v) is 9.09. The number of carbonyl (C=O) groups excluding carboxylic acids is 1. The molecular formula is C23H27Cl2NO. The second-order valence-electron chi connectivity index (χ2n) is 8.30. The van der Waals surface area contributed by atoms with Crippen LogP contribution in [0.15, 0.2) is 48.5 Å². The zero-order valence-corrected chi connectivity index (χ0v) is 17.7. The third-order valence-electron chi connectivity index (χ3n) is 5.75. The summed E-state index contributed by atoms with van der Waals surface area (Å²) < 4.78 is 0. The first-order valence-corrected chi connectivity index (χ1v) is 10.3. The minimum atomic E-state index is -0.365. The van der Waals surface area contributed by atoms with E-state index in [1.54, 1.807) is 6.07 Å². The summed E-state index contributed by atoms with van der Waals surface area (Å²) in [5.41, 5.74) is 1.84. The summed E-state index contributed by atoms with van der Waals surface area (Å²) in [6.07, 6.45) is 1.46. The van der Waals surface area contributed by atoms with Gasteiger partial charge in [-0.05, 0) is 48.5 Å². The van der Waals surface area contributed by atoms with E-state index in [1.807, 2.05) is 18.2 Å². The predicted molar refractivity (Wildman–Crippen MR) is 114 cm³/mol. The third-order valence-corrected chi connectivity index (χ3v) is 6.57. The molecule has 0 aromatic heterocycles. The Kier molecular flexibility index (Phi) is 6.30. The van der Waals surface area contributed by atoms with E-state index in [4.69, 9.17) is 23.2 Å². The average Bonchev–Trinajstić information content (AvgIpc) is 2.64. The Morgan fingerprint density at radius 2 is 1.81 bits per heavy atom. The zero-order valence-electron chi connectivity index (χ0n) is 16.2. The van der Waals surface area contributed by atoms with Gasteiger partial charge in [-0.3, -0.25) is 4.79 Å². The number of halogens is 2. The first-order valence-electron chi connectivity index (χ1n) is 9.50. The van der Waals surface area contributed by atoms with Crippen molar-refractivity contribution in [2.24, 2.45) is 5.92 Å². The smallest absolute Gasteiger partial charge is 0.138 e. The van der Waals surface area contributed by atoms with Crippen LogP contribution in [-0.4, -0.2) is 30.8 Å². The van der Waals surface area contributed by atoms with Crippen LogP contribution >= 0.6 is 23.2 Å². The topological polar surface area (TPSA) is 20.3 Å².